The van der Waals surface area contributed by atoms with E-state index in [0.29, 0.717) is 10.5 Å². The Hall–Kier alpha value is -2.18. The number of hydrogen-bond donors (Lipinski definition) is 1. The standard InChI is InChI=1S/C18H18N2O3S/c21-24(22,16-7-6-14-3-1-2-4-15(14)10-16)20-11-13-5-8-17-18(9-13)23-12-19-17/h5-10,12,20H,1-4,11H2. The van der Waals surface area contributed by atoms with Crippen molar-refractivity contribution in [2.24, 2.45) is 0 Å². The number of sulfonamides is 1. The average Bonchev–Trinajstić information content (AvgIpc) is 3.07. The molecule has 4 rings (SSSR count). The number of oxazole rings is 1. The smallest absolute Gasteiger partial charge is 0.240 e. The van der Waals surface area contributed by atoms with E-state index < -0.39 is 10.0 Å². The summed E-state index contributed by atoms with van der Waals surface area (Å²) in [6.07, 6.45) is 5.69. The lowest BCUT2D eigenvalue weighted by atomic mass is 9.92. The Morgan fingerprint density at radius 3 is 2.75 bits per heavy atom. The van der Waals surface area contributed by atoms with Gasteiger partial charge in [-0.2, -0.15) is 0 Å². The topological polar surface area (TPSA) is 72.2 Å². The Balaban J connectivity index is 1.54. The molecule has 0 unspecified atom stereocenters. The molecule has 0 radical (unpaired) electrons. The van der Waals surface area contributed by atoms with E-state index in [0.717, 1.165) is 35.9 Å². The Morgan fingerprint density at radius 1 is 1.04 bits per heavy atom. The van der Waals surface area contributed by atoms with E-state index in [4.69, 9.17) is 4.42 Å². The van der Waals surface area contributed by atoms with Gasteiger partial charge in [-0.1, -0.05) is 12.1 Å². The van der Waals surface area contributed by atoms with Gasteiger partial charge in [0.25, 0.3) is 0 Å². The fourth-order valence-corrected chi connectivity index (χ4v) is 4.22. The van der Waals surface area contributed by atoms with Crippen LogP contribution in [0.25, 0.3) is 11.1 Å². The zero-order valence-corrected chi connectivity index (χ0v) is 14.0. The summed E-state index contributed by atoms with van der Waals surface area (Å²) < 4.78 is 33.0. The molecule has 0 spiro atoms. The van der Waals surface area contributed by atoms with Crippen molar-refractivity contribution in [1.82, 2.24) is 9.71 Å². The third-order valence-electron chi connectivity index (χ3n) is 4.49. The number of nitrogens with one attached hydrogen (secondary N) is 1. The summed E-state index contributed by atoms with van der Waals surface area (Å²) in [7, 11) is -3.53. The van der Waals surface area contributed by atoms with Crippen LogP contribution in [0.15, 0.2) is 52.1 Å². The molecule has 124 valence electrons. The van der Waals surface area contributed by atoms with E-state index in [1.807, 2.05) is 24.3 Å². The Bertz CT molecular complexity index is 992. The van der Waals surface area contributed by atoms with Crippen LogP contribution in [-0.2, 0) is 29.4 Å². The highest BCUT2D eigenvalue weighted by atomic mass is 32.2. The van der Waals surface area contributed by atoms with Crippen molar-refractivity contribution in [3.05, 3.63) is 59.5 Å². The van der Waals surface area contributed by atoms with Crippen LogP contribution < -0.4 is 4.72 Å². The van der Waals surface area contributed by atoms with Gasteiger partial charge in [-0.3, -0.25) is 0 Å². The highest BCUT2D eigenvalue weighted by Crippen LogP contribution is 2.24. The van der Waals surface area contributed by atoms with Gasteiger partial charge in [0.2, 0.25) is 10.0 Å². The van der Waals surface area contributed by atoms with Crippen LogP contribution in [0.4, 0.5) is 0 Å². The van der Waals surface area contributed by atoms with Crippen molar-refractivity contribution in [3.8, 4) is 0 Å². The summed E-state index contributed by atoms with van der Waals surface area (Å²) in [5.74, 6) is 0. The first-order valence-electron chi connectivity index (χ1n) is 8.05. The molecule has 0 fully saturated rings. The second-order valence-corrected chi connectivity index (χ2v) is 7.88. The molecule has 0 saturated carbocycles. The first-order valence-corrected chi connectivity index (χ1v) is 9.54. The molecule has 24 heavy (non-hydrogen) atoms. The minimum Gasteiger partial charge on any atom is -0.443 e. The summed E-state index contributed by atoms with van der Waals surface area (Å²) in [4.78, 5) is 4.39. The molecule has 0 saturated heterocycles. The lowest BCUT2D eigenvalue weighted by Gasteiger charge is -2.16. The van der Waals surface area contributed by atoms with E-state index in [9.17, 15) is 8.42 Å². The number of aryl methyl sites for hydroxylation is 2. The normalized spacial score (nSPS) is 14.7. The van der Waals surface area contributed by atoms with Gasteiger partial charge in [0.15, 0.2) is 12.0 Å². The molecule has 1 N–H and O–H groups in total. The third-order valence-corrected chi connectivity index (χ3v) is 5.89. The second-order valence-electron chi connectivity index (χ2n) is 6.12. The minimum absolute atomic E-state index is 0.218. The monoisotopic (exact) mass is 342 g/mol. The van der Waals surface area contributed by atoms with Gasteiger partial charge in [0.1, 0.15) is 5.52 Å². The fraction of sp³-hybridized carbons (Fsp3) is 0.278. The number of hydrogen-bond acceptors (Lipinski definition) is 4. The predicted molar refractivity (Wildman–Crippen MR) is 91.1 cm³/mol. The summed E-state index contributed by atoms with van der Waals surface area (Å²) in [5.41, 5.74) is 4.68. The van der Waals surface area contributed by atoms with Gasteiger partial charge in [0, 0.05) is 6.54 Å². The van der Waals surface area contributed by atoms with Crippen molar-refractivity contribution < 1.29 is 12.8 Å². The summed E-state index contributed by atoms with van der Waals surface area (Å²) >= 11 is 0. The number of benzene rings is 2. The van der Waals surface area contributed by atoms with Crippen LogP contribution in [0.2, 0.25) is 0 Å². The van der Waals surface area contributed by atoms with Gasteiger partial charge >= 0.3 is 0 Å². The highest BCUT2D eigenvalue weighted by Gasteiger charge is 2.17. The zero-order chi connectivity index (χ0) is 16.6. The van der Waals surface area contributed by atoms with E-state index in [-0.39, 0.29) is 6.54 Å². The number of rotatable bonds is 4. The number of fused-ring (bicyclic) bond motifs is 2. The van der Waals surface area contributed by atoms with Crippen molar-refractivity contribution in [3.63, 3.8) is 0 Å². The second kappa shape index (κ2) is 6.03. The molecule has 3 aromatic rings. The first-order chi connectivity index (χ1) is 11.6. The average molecular weight is 342 g/mol. The first kappa shape index (κ1) is 15.4. The van der Waals surface area contributed by atoms with Gasteiger partial charge in [-0.25, -0.2) is 18.1 Å². The molecule has 1 aliphatic carbocycles. The van der Waals surface area contributed by atoms with Crippen molar-refractivity contribution in [2.75, 3.05) is 0 Å². The van der Waals surface area contributed by atoms with E-state index >= 15 is 0 Å². The minimum atomic E-state index is -3.53. The molecule has 0 aliphatic heterocycles. The molecule has 1 aliphatic rings. The number of aromatic nitrogens is 1. The molecule has 1 aromatic heterocycles. The number of nitrogens with zero attached hydrogens (tertiary/aromatic N) is 1. The summed E-state index contributed by atoms with van der Waals surface area (Å²) in [6, 6.07) is 10.9. The molecule has 0 atom stereocenters. The Labute approximate surface area is 140 Å². The van der Waals surface area contributed by atoms with Gasteiger partial charge in [-0.05, 0) is 66.6 Å². The largest absolute Gasteiger partial charge is 0.443 e. The van der Waals surface area contributed by atoms with Crippen molar-refractivity contribution in [2.45, 2.75) is 37.1 Å². The Kier molecular flexibility index (Phi) is 3.86. The molecule has 5 nitrogen and oxygen atoms in total. The van der Waals surface area contributed by atoms with Crippen molar-refractivity contribution >= 4 is 21.1 Å². The quantitative estimate of drug-likeness (QED) is 0.790. The summed E-state index contributed by atoms with van der Waals surface area (Å²) in [5, 5.41) is 0. The van der Waals surface area contributed by atoms with Gasteiger partial charge in [-0.15, -0.1) is 0 Å². The molecular formula is C18H18N2O3S. The van der Waals surface area contributed by atoms with E-state index in [1.54, 1.807) is 12.1 Å². The van der Waals surface area contributed by atoms with Crippen molar-refractivity contribution in [1.29, 1.82) is 0 Å². The highest BCUT2D eigenvalue weighted by molar-refractivity contribution is 7.89. The predicted octanol–water partition coefficient (Wildman–Crippen LogP) is 3.19. The molecule has 0 bridgehead atoms. The van der Waals surface area contributed by atoms with Crippen LogP contribution in [0.1, 0.15) is 29.5 Å². The van der Waals surface area contributed by atoms with Crippen LogP contribution >= 0.6 is 0 Å². The maximum Gasteiger partial charge on any atom is 0.240 e. The SMILES string of the molecule is O=S(=O)(NCc1ccc2ncoc2c1)c1ccc2c(c1)CCCC2. The molecule has 0 amide bonds. The van der Waals surface area contributed by atoms with Crippen LogP contribution in [0.3, 0.4) is 0 Å². The molecular weight excluding hydrogens is 324 g/mol. The van der Waals surface area contributed by atoms with Crippen LogP contribution in [0, 0.1) is 0 Å². The summed E-state index contributed by atoms with van der Waals surface area (Å²) in [6.45, 7) is 0.218. The Morgan fingerprint density at radius 2 is 1.88 bits per heavy atom. The lowest BCUT2D eigenvalue weighted by molar-refractivity contribution is 0.580. The third kappa shape index (κ3) is 2.95. The molecule has 1 heterocycles. The zero-order valence-electron chi connectivity index (χ0n) is 13.2. The molecule has 2 aromatic carbocycles. The van der Waals surface area contributed by atoms with Crippen LogP contribution in [0.5, 0.6) is 0 Å². The van der Waals surface area contributed by atoms with E-state index in [2.05, 4.69) is 9.71 Å². The fourth-order valence-electron chi connectivity index (χ4n) is 3.15. The van der Waals surface area contributed by atoms with Gasteiger partial charge < -0.3 is 4.42 Å². The van der Waals surface area contributed by atoms with Crippen LogP contribution in [-0.4, -0.2) is 13.4 Å². The van der Waals surface area contributed by atoms with Gasteiger partial charge in [0.05, 0.1) is 4.90 Å². The van der Waals surface area contributed by atoms with E-state index in [1.165, 1.54) is 18.4 Å². The molecule has 6 heteroatoms. The maximum absolute atomic E-state index is 12.6. The maximum atomic E-state index is 12.6. The lowest BCUT2D eigenvalue weighted by Crippen LogP contribution is -2.23.